The highest BCUT2D eigenvalue weighted by molar-refractivity contribution is 7.92. The van der Waals surface area contributed by atoms with Crippen LogP contribution in [-0.4, -0.2) is 51.4 Å². The van der Waals surface area contributed by atoms with E-state index in [0.29, 0.717) is 6.54 Å². The molecule has 4 rings (SSSR count). The molecule has 0 aromatic heterocycles. The number of nitrogens with one attached hydrogen (secondary N) is 1. The lowest BCUT2D eigenvalue weighted by Crippen LogP contribution is -2.53. The van der Waals surface area contributed by atoms with Crippen molar-refractivity contribution in [1.29, 1.82) is 0 Å². The number of ether oxygens (including phenoxy) is 1. The monoisotopic (exact) mass is 617 g/mol. The Labute approximate surface area is 258 Å². The van der Waals surface area contributed by atoms with E-state index < -0.39 is 40.2 Å². The van der Waals surface area contributed by atoms with Crippen molar-refractivity contribution in [2.24, 2.45) is 0 Å². The van der Waals surface area contributed by atoms with Crippen molar-refractivity contribution in [2.75, 3.05) is 24.5 Å². The largest absolute Gasteiger partial charge is 0.495 e. The van der Waals surface area contributed by atoms with Gasteiger partial charge in [0.2, 0.25) is 11.8 Å². The molecule has 0 saturated carbocycles. The summed E-state index contributed by atoms with van der Waals surface area (Å²) < 4.78 is 49.7. The van der Waals surface area contributed by atoms with Crippen LogP contribution in [0.3, 0.4) is 0 Å². The van der Waals surface area contributed by atoms with Gasteiger partial charge in [-0.25, -0.2) is 12.8 Å². The summed E-state index contributed by atoms with van der Waals surface area (Å²) in [5, 5.41) is 2.79. The minimum absolute atomic E-state index is 0.0213. The summed E-state index contributed by atoms with van der Waals surface area (Å²) in [5.41, 5.74) is 1.98. The van der Waals surface area contributed by atoms with Crippen molar-refractivity contribution in [3.63, 3.8) is 0 Å². The van der Waals surface area contributed by atoms with Crippen LogP contribution in [0.1, 0.15) is 23.6 Å². The Bertz CT molecular complexity index is 1680. The molecule has 230 valence electrons. The molecular formula is C34H36FN3O5S. The first kappa shape index (κ1) is 32.2. The molecule has 1 unspecified atom stereocenters. The molecule has 4 aromatic carbocycles. The number of rotatable bonds is 13. The Morgan fingerprint density at radius 1 is 0.886 bits per heavy atom. The molecule has 8 nitrogen and oxygen atoms in total. The first-order valence-corrected chi connectivity index (χ1v) is 15.7. The lowest BCUT2D eigenvalue weighted by Gasteiger charge is -2.34. The number of sulfonamides is 1. The SMILES string of the molecule is CCNC(=O)C(Cc1ccccc1)N(Cc1ccccc1F)C(=O)CN(c1ccccc1OC)S(=O)(=O)c1ccc(C)cc1. The summed E-state index contributed by atoms with van der Waals surface area (Å²) in [6.07, 6.45) is 0.131. The van der Waals surface area contributed by atoms with Crippen LogP contribution in [0, 0.1) is 12.7 Å². The van der Waals surface area contributed by atoms with Gasteiger partial charge in [0.15, 0.2) is 0 Å². The normalized spacial score (nSPS) is 11.8. The Morgan fingerprint density at radius 3 is 2.18 bits per heavy atom. The highest BCUT2D eigenvalue weighted by Gasteiger charge is 2.35. The number of halogens is 1. The zero-order valence-corrected chi connectivity index (χ0v) is 25.8. The fraction of sp³-hybridized carbons (Fsp3) is 0.235. The van der Waals surface area contributed by atoms with Crippen LogP contribution in [-0.2, 0) is 32.6 Å². The van der Waals surface area contributed by atoms with E-state index in [4.69, 9.17) is 4.74 Å². The molecule has 0 saturated heterocycles. The molecule has 0 radical (unpaired) electrons. The number of hydrogen-bond acceptors (Lipinski definition) is 5. The topological polar surface area (TPSA) is 96.0 Å². The van der Waals surface area contributed by atoms with E-state index in [2.05, 4.69) is 5.32 Å². The molecule has 0 heterocycles. The van der Waals surface area contributed by atoms with Crippen LogP contribution < -0.4 is 14.4 Å². The van der Waals surface area contributed by atoms with Crippen LogP contribution in [0.25, 0.3) is 0 Å². The smallest absolute Gasteiger partial charge is 0.264 e. The summed E-state index contributed by atoms with van der Waals surface area (Å²) in [5.74, 6) is -1.44. The van der Waals surface area contributed by atoms with Gasteiger partial charge < -0.3 is 15.0 Å². The molecule has 4 aromatic rings. The summed E-state index contributed by atoms with van der Waals surface area (Å²) in [7, 11) is -2.89. The van der Waals surface area contributed by atoms with Gasteiger partial charge in [-0.2, -0.15) is 0 Å². The predicted octanol–water partition coefficient (Wildman–Crippen LogP) is 5.11. The third-order valence-electron chi connectivity index (χ3n) is 7.16. The Balaban J connectivity index is 1.83. The number of benzene rings is 4. The van der Waals surface area contributed by atoms with Crippen molar-refractivity contribution in [2.45, 2.75) is 37.8 Å². The number of carbonyl (C=O) groups is 2. The zero-order valence-electron chi connectivity index (χ0n) is 24.9. The van der Waals surface area contributed by atoms with Crippen molar-refractivity contribution in [1.82, 2.24) is 10.2 Å². The van der Waals surface area contributed by atoms with Crippen LogP contribution >= 0.6 is 0 Å². The molecule has 0 spiro atoms. The second kappa shape index (κ2) is 14.7. The van der Waals surface area contributed by atoms with E-state index in [1.54, 1.807) is 49.4 Å². The summed E-state index contributed by atoms with van der Waals surface area (Å²) in [6, 6.07) is 26.9. The first-order valence-electron chi connectivity index (χ1n) is 14.2. The van der Waals surface area contributed by atoms with Crippen molar-refractivity contribution in [3.05, 3.63) is 126 Å². The van der Waals surface area contributed by atoms with E-state index in [1.165, 1.54) is 42.3 Å². The number of carbonyl (C=O) groups excluding carboxylic acids is 2. The molecule has 0 aliphatic carbocycles. The minimum atomic E-state index is -4.30. The molecule has 0 aliphatic heterocycles. The fourth-order valence-electron chi connectivity index (χ4n) is 4.84. The summed E-state index contributed by atoms with van der Waals surface area (Å²) in [4.78, 5) is 29.1. The second-order valence-corrected chi connectivity index (χ2v) is 12.1. The quantitative estimate of drug-likeness (QED) is 0.225. The molecule has 44 heavy (non-hydrogen) atoms. The van der Waals surface area contributed by atoms with Crippen molar-refractivity contribution < 1.29 is 27.1 Å². The van der Waals surface area contributed by atoms with E-state index >= 15 is 0 Å². The standard InChI is InChI=1S/C34H36FN3O5S/c1-4-36-34(40)31(22-26-12-6-5-7-13-26)37(23-27-14-8-9-15-29(27)35)33(39)24-38(30-16-10-11-17-32(30)43-3)44(41,42)28-20-18-25(2)19-21-28/h5-21,31H,4,22-24H2,1-3H3,(H,36,40). The maximum absolute atomic E-state index is 15.0. The van der Waals surface area contributed by atoms with Crippen LogP contribution in [0.5, 0.6) is 5.75 Å². The van der Waals surface area contributed by atoms with Crippen molar-refractivity contribution >= 4 is 27.5 Å². The molecule has 10 heteroatoms. The second-order valence-electron chi connectivity index (χ2n) is 10.2. The number of hydrogen-bond donors (Lipinski definition) is 1. The molecule has 1 atom stereocenters. The maximum Gasteiger partial charge on any atom is 0.264 e. The van der Waals surface area contributed by atoms with E-state index in [1.807, 2.05) is 37.3 Å². The highest BCUT2D eigenvalue weighted by Crippen LogP contribution is 2.33. The number of amides is 2. The molecule has 2 amide bonds. The number of likely N-dealkylation sites (N-methyl/N-ethyl adjacent to an activating group) is 1. The van der Waals surface area contributed by atoms with Gasteiger partial charge in [0.25, 0.3) is 10.0 Å². The summed E-state index contributed by atoms with van der Waals surface area (Å²) >= 11 is 0. The lowest BCUT2D eigenvalue weighted by molar-refractivity contribution is -0.140. The predicted molar refractivity (Wildman–Crippen MR) is 168 cm³/mol. The van der Waals surface area contributed by atoms with Gasteiger partial charge in [-0.05, 0) is 49.7 Å². The number of methoxy groups -OCH3 is 1. The molecule has 0 fully saturated rings. The first-order chi connectivity index (χ1) is 21.1. The van der Waals surface area contributed by atoms with E-state index in [9.17, 15) is 22.4 Å². The Kier molecular flexibility index (Phi) is 10.7. The van der Waals surface area contributed by atoms with Gasteiger partial charge in [0.1, 0.15) is 24.2 Å². The van der Waals surface area contributed by atoms with Gasteiger partial charge >= 0.3 is 0 Å². The Morgan fingerprint density at radius 2 is 1.52 bits per heavy atom. The van der Waals surface area contributed by atoms with Crippen LogP contribution in [0.4, 0.5) is 10.1 Å². The number of aryl methyl sites for hydroxylation is 1. The van der Waals surface area contributed by atoms with Gasteiger partial charge in [-0.1, -0.05) is 78.4 Å². The highest BCUT2D eigenvalue weighted by atomic mass is 32.2. The average molecular weight is 618 g/mol. The third kappa shape index (κ3) is 7.62. The Hall–Kier alpha value is -4.70. The maximum atomic E-state index is 15.0. The fourth-order valence-corrected chi connectivity index (χ4v) is 6.27. The molecule has 0 aliphatic rings. The minimum Gasteiger partial charge on any atom is -0.495 e. The van der Waals surface area contributed by atoms with Gasteiger partial charge in [0.05, 0.1) is 17.7 Å². The van der Waals surface area contributed by atoms with Gasteiger partial charge in [0, 0.05) is 25.1 Å². The van der Waals surface area contributed by atoms with Crippen LogP contribution in [0.2, 0.25) is 0 Å². The van der Waals surface area contributed by atoms with E-state index in [-0.39, 0.29) is 34.9 Å². The number of para-hydroxylation sites is 2. The number of nitrogens with zero attached hydrogens (tertiary/aromatic N) is 2. The van der Waals surface area contributed by atoms with Gasteiger partial charge in [-0.15, -0.1) is 0 Å². The van der Waals surface area contributed by atoms with E-state index in [0.717, 1.165) is 15.4 Å². The average Bonchev–Trinajstić information content (AvgIpc) is 3.03. The molecule has 0 bridgehead atoms. The zero-order chi connectivity index (χ0) is 31.7. The molecule has 1 N–H and O–H groups in total. The van der Waals surface area contributed by atoms with Crippen molar-refractivity contribution in [3.8, 4) is 5.75 Å². The number of anilines is 1. The third-order valence-corrected chi connectivity index (χ3v) is 8.94. The summed E-state index contributed by atoms with van der Waals surface area (Å²) in [6.45, 7) is 2.98. The molecular weight excluding hydrogens is 581 g/mol. The van der Waals surface area contributed by atoms with Gasteiger partial charge in [-0.3, -0.25) is 13.9 Å². The lowest BCUT2D eigenvalue weighted by atomic mass is 10.0. The van der Waals surface area contributed by atoms with Crippen LogP contribution in [0.15, 0.2) is 108 Å².